The summed E-state index contributed by atoms with van der Waals surface area (Å²) in [4.78, 5) is 0. The van der Waals surface area contributed by atoms with Gasteiger partial charge in [0.25, 0.3) is 0 Å². The van der Waals surface area contributed by atoms with E-state index in [4.69, 9.17) is 12.2 Å². The quantitative estimate of drug-likeness (QED) is 0.634. The molecule has 0 heterocycles. The largest absolute Gasteiger partial charge is 0.362 e. The topological polar surface area (TPSA) is 24.1 Å². The van der Waals surface area contributed by atoms with Crippen LogP contribution in [0.3, 0.4) is 0 Å². The lowest BCUT2D eigenvalue weighted by atomic mass is 9.97. The molecular formula is C16H22N2S. The fourth-order valence-corrected chi connectivity index (χ4v) is 2.48. The van der Waals surface area contributed by atoms with Gasteiger partial charge in [-0.3, -0.25) is 0 Å². The van der Waals surface area contributed by atoms with Crippen molar-refractivity contribution in [3.05, 3.63) is 47.5 Å². The van der Waals surface area contributed by atoms with Gasteiger partial charge < -0.3 is 10.6 Å². The highest BCUT2D eigenvalue weighted by Crippen LogP contribution is 2.19. The van der Waals surface area contributed by atoms with Gasteiger partial charge in [-0.2, -0.15) is 0 Å². The van der Waals surface area contributed by atoms with Gasteiger partial charge in [0.05, 0.1) is 0 Å². The molecule has 0 unspecified atom stereocenters. The standard InChI is InChI=1S/C16H22N2S/c19-16(18-13-15-9-5-2-6-10-15)17-12-11-14-7-3-1-4-8-14/h2,5-7,9-10H,1,3-4,8,11-13H2,(H2,17,18,19). The van der Waals surface area contributed by atoms with E-state index in [1.165, 1.54) is 31.2 Å². The van der Waals surface area contributed by atoms with Gasteiger partial charge in [-0.15, -0.1) is 0 Å². The number of thiocarbonyl (C=S) groups is 1. The molecule has 0 spiro atoms. The van der Waals surface area contributed by atoms with E-state index >= 15 is 0 Å². The Balaban J connectivity index is 1.61. The van der Waals surface area contributed by atoms with E-state index in [0.29, 0.717) is 0 Å². The van der Waals surface area contributed by atoms with Crippen LogP contribution in [0.4, 0.5) is 0 Å². The van der Waals surface area contributed by atoms with Crippen molar-refractivity contribution in [1.82, 2.24) is 10.6 Å². The van der Waals surface area contributed by atoms with Crippen LogP contribution in [0.25, 0.3) is 0 Å². The van der Waals surface area contributed by atoms with Crippen molar-refractivity contribution in [2.75, 3.05) is 6.54 Å². The van der Waals surface area contributed by atoms with E-state index in [9.17, 15) is 0 Å². The Morgan fingerprint density at radius 2 is 1.95 bits per heavy atom. The molecule has 0 amide bonds. The molecule has 102 valence electrons. The molecule has 19 heavy (non-hydrogen) atoms. The fourth-order valence-electron chi connectivity index (χ4n) is 2.31. The van der Waals surface area contributed by atoms with Gasteiger partial charge >= 0.3 is 0 Å². The summed E-state index contributed by atoms with van der Waals surface area (Å²) in [7, 11) is 0. The molecule has 3 heteroatoms. The third-order valence-electron chi connectivity index (χ3n) is 3.41. The van der Waals surface area contributed by atoms with Crippen molar-refractivity contribution in [2.24, 2.45) is 0 Å². The molecule has 0 saturated carbocycles. The lowest BCUT2D eigenvalue weighted by Gasteiger charge is -2.14. The summed E-state index contributed by atoms with van der Waals surface area (Å²) in [5.74, 6) is 0. The molecule has 0 fully saturated rings. The van der Waals surface area contributed by atoms with E-state index in [1.54, 1.807) is 5.57 Å². The summed E-state index contributed by atoms with van der Waals surface area (Å²) in [6, 6.07) is 10.3. The molecule has 1 aliphatic carbocycles. The second-order valence-electron chi connectivity index (χ2n) is 4.95. The Morgan fingerprint density at radius 3 is 2.68 bits per heavy atom. The Labute approximate surface area is 121 Å². The highest BCUT2D eigenvalue weighted by molar-refractivity contribution is 7.80. The number of benzene rings is 1. The highest BCUT2D eigenvalue weighted by atomic mass is 32.1. The van der Waals surface area contributed by atoms with Gasteiger partial charge in [0.2, 0.25) is 0 Å². The Kier molecular flexibility index (Phi) is 5.89. The Bertz CT molecular complexity index is 426. The van der Waals surface area contributed by atoms with Gasteiger partial charge in [0.15, 0.2) is 5.11 Å². The summed E-state index contributed by atoms with van der Waals surface area (Å²) in [6.45, 7) is 1.72. The number of rotatable bonds is 5. The maximum absolute atomic E-state index is 5.28. The summed E-state index contributed by atoms with van der Waals surface area (Å²) >= 11 is 5.28. The van der Waals surface area contributed by atoms with Crippen molar-refractivity contribution in [3.8, 4) is 0 Å². The van der Waals surface area contributed by atoms with Crippen LogP contribution < -0.4 is 10.6 Å². The molecule has 1 aromatic carbocycles. The lowest BCUT2D eigenvalue weighted by Crippen LogP contribution is -2.35. The van der Waals surface area contributed by atoms with Crippen LogP contribution in [0.1, 0.15) is 37.7 Å². The number of nitrogens with one attached hydrogen (secondary N) is 2. The molecule has 0 saturated heterocycles. The van der Waals surface area contributed by atoms with Crippen LogP contribution in [-0.4, -0.2) is 11.7 Å². The Hall–Kier alpha value is -1.35. The van der Waals surface area contributed by atoms with Crippen molar-refractivity contribution < 1.29 is 0 Å². The van der Waals surface area contributed by atoms with Crippen LogP contribution in [0.5, 0.6) is 0 Å². The zero-order chi connectivity index (χ0) is 13.3. The minimum Gasteiger partial charge on any atom is -0.362 e. The Morgan fingerprint density at radius 1 is 1.11 bits per heavy atom. The van der Waals surface area contributed by atoms with E-state index in [-0.39, 0.29) is 0 Å². The molecule has 0 aromatic heterocycles. The normalized spacial score (nSPS) is 14.6. The average Bonchev–Trinajstić information content (AvgIpc) is 2.47. The first-order valence-corrected chi connectivity index (χ1v) is 7.49. The molecule has 2 nitrogen and oxygen atoms in total. The smallest absolute Gasteiger partial charge is 0.166 e. The third kappa shape index (κ3) is 5.43. The second-order valence-corrected chi connectivity index (χ2v) is 5.36. The first-order chi connectivity index (χ1) is 9.34. The lowest BCUT2D eigenvalue weighted by molar-refractivity contribution is 0.667. The maximum atomic E-state index is 5.28. The summed E-state index contributed by atoms with van der Waals surface area (Å²) in [6.07, 6.45) is 8.74. The van der Waals surface area contributed by atoms with Crippen molar-refractivity contribution in [3.63, 3.8) is 0 Å². The van der Waals surface area contributed by atoms with Crippen molar-refractivity contribution in [1.29, 1.82) is 0 Å². The fraction of sp³-hybridized carbons (Fsp3) is 0.438. The van der Waals surface area contributed by atoms with Gasteiger partial charge in [0.1, 0.15) is 0 Å². The van der Waals surface area contributed by atoms with Crippen LogP contribution >= 0.6 is 12.2 Å². The monoisotopic (exact) mass is 274 g/mol. The minimum absolute atomic E-state index is 0.750. The van der Waals surface area contributed by atoms with Gasteiger partial charge in [0, 0.05) is 13.1 Å². The van der Waals surface area contributed by atoms with Crippen LogP contribution in [0.2, 0.25) is 0 Å². The molecule has 0 bridgehead atoms. The number of hydrogen-bond acceptors (Lipinski definition) is 1. The van der Waals surface area contributed by atoms with Crippen molar-refractivity contribution in [2.45, 2.75) is 38.6 Å². The minimum atomic E-state index is 0.750. The molecular weight excluding hydrogens is 252 g/mol. The third-order valence-corrected chi connectivity index (χ3v) is 3.70. The van der Waals surface area contributed by atoms with E-state index < -0.39 is 0 Å². The zero-order valence-corrected chi connectivity index (χ0v) is 12.1. The molecule has 0 radical (unpaired) electrons. The number of hydrogen-bond donors (Lipinski definition) is 2. The molecule has 2 rings (SSSR count). The maximum Gasteiger partial charge on any atom is 0.166 e. The van der Waals surface area contributed by atoms with Crippen LogP contribution in [0, 0.1) is 0 Å². The zero-order valence-electron chi connectivity index (χ0n) is 11.3. The first-order valence-electron chi connectivity index (χ1n) is 7.08. The summed E-state index contributed by atoms with van der Waals surface area (Å²) < 4.78 is 0. The first kappa shape index (κ1) is 14.1. The molecule has 0 aliphatic heterocycles. The average molecular weight is 274 g/mol. The summed E-state index contributed by atoms with van der Waals surface area (Å²) in [5, 5.41) is 7.27. The van der Waals surface area contributed by atoms with Gasteiger partial charge in [-0.05, 0) is 49.9 Å². The second kappa shape index (κ2) is 7.95. The molecule has 2 N–H and O–H groups in total. The predicted molar refractivity (Wildman–Crippen MR) is 85.1 cm³/mol. The van der Waals surface area contributed by atoms with E-state index in [1.807, 2.05) is 18.2 Å². The molecule has 0 atom stereocenters. The van der Waals surface area contributed by atoms with Crippen LogP contribution in [0.15, 0.2) is 42.0 Å². The molecule has 1 aromatic rings. The highest BCUT2D eigenvalue weighted by Gasteiger charge is 2.03. The van der Waals surface area contributed by atoms with Crippen molar-refractivity contribution >= 4 is 17.3 Å². The number of allylic oxidation sites excluding steroid dienone is 1. The van der Waals surface area contributed by atoms with Crippen LogP contribution in [-0.2, 0) is 6.54 Å². The predicted octanol–water partition coefficient (Wildman–Crippen LogP) is 3.54. The van der Waals surface area contributed by atoms with E-state index in [0.717, 1.165) is 24.6 Å². The van der Waals surface area contributed by atoms with Gasteiger partial charge in [-0.25, -0.2) is 0 Å². The van der Waals surface area contributed by atoms with E-state index in [2.05, 4.69) is 28.8 Å². The molecule has 1 aliphatic rings. The summed E-state index contributed by atoms with van der Waals surface area (Å²) in [5.41, 5.74) is 2.84. The SMILES string of the molecule is S=C(NCCC1=CCCCC1)NCc1ccccc1. The van der Waals surface area contributed by atoms with Gasteiger partial charge in [-0.1, -0.05) is 42.0 Å².